The van der Waals surface area contributed by atoms with E-state index in [4.69, 9.17) is 11.6 Å². The Morgan fingerprint density at radius 3 is 2.47 bits per heavy atom. The first-order chi connectivity index (χ1) is 7.16. The number of benzene rings is 1. The van der Waals surface area contributed by atoms with E-state index in [1.165, 1.54) is 22.3 Å². The molecule has 1 aromatic rings. The van der Waals surface area contributed by atoms with Crippen molar-refractivity contribution in [3.05, 3.63) is 34.4 Å². The summed E-state index contributed by atoms with van der Waals surface area (Å²) in [5.41, 5.74) is 5.68. The molecule has 0 saturated heterocycles. The van der Waals surface area contributed by atoms with Gasteiger partial charge in [-0.3, -0.25) is 0 Å². The van der Waals surface area contributed by atoms with E-state index >= 15 is 0 Å². The molecular weight excluding hydrogens is 206 g/mol. The minimum atomic E-state index is 0.686. The van der Waals surface area contributed by atoms with Crippen molar-refractivity contribution in [1.82, 2.24) is 5.32 Å². The van der Waals surface area contributed by atoms with Crippen LogP contribution in [0.1, 0.15) is 22.3 Å². The predicted octanol–water partition coefficient (Wildman–Crippen LogP) is 2.98. The average Bonchev–Trinajstić information content (AvgIpc) is 2.24. The minimum absolute atomic E-state index is 0.686. The van der Waals surface area contributed by atoms with Crippen molar-refractivity contribution in [3.63, 3.8) is 0 Å². The number of nitrogens with one attached hydrogen (secondary N) is 1. The molecule has 2 heteroatoms. The second-order valence-corrected chi connectivity index (χ2v) is 4.36. The van der Waals surface area contributed by atoms with Gasteiger partial charge in [0.2, 0.25) is 0 Å². The second-order valence-electron chi connectivity index (χ2n) is 3.98. The normalized spacial score (nSPS) is 10.7. The molecule has 0 aromatic heterocycles. The number of halogens is 1. The smallest absolute Gasteiger partial charge is 0.0348 e. The van der Waals surface area contributed by atoms with Gasteiger partial charge in [0.05, 0.1) is 0 Å². The van der Waals surface area contributed by atoms with Gasteiger partial charge in [0.15, 0.2) is 0 Å². The topological polar surface area (TPSA) is 12.0 Å². The first kappa shape index (κ1) is 12.5. The van der Waals surface area contributed by atoms with E-state index in [9.17, 15) is 0 Å². The Hall–Kier alpha value is -0.530. The molecule has 0 radical (unpaired) electrons. The Morgan fingerprint density at radius 1 is 1.07 bits per heavy atom. The molecule has 0 fully saturated rings. The van der Waals surface area contributed by atoms with Gasteiger partial charge < -0.3 is 5.32 Å². The molecule has 0 unspecified atom stereocenters. The molecule has 0 saturated carbocycles. The van der Waals surface area contributed by atoms with Crippen LogP contribution in [0.15, 0.2) is 12.1 Å². The van der Waals surface area contributed by atoms with Crippen molar-refractivity contribution < 1.29 is 0 Å². The minimum Gasteiger partial charge on any atom is -0.315 e. The molecule has 1 rings (SSSR count). The fourth-order valence-corrected chi connectivity index (χ4v) is 1.83. The zero-order chi connectivity index (χ0) is 11.3. The number of alkyl halides is 1. The van der Waals surface area contributed by atoms with Gasteiger partial charge in [-0.15, -0.1) is 11.6 Å². The van der Waals surface area contributed by atoms with Gasteiger partial charge >= 0.3 is 0 Å². The summed E-state index contributed by atoms with van der Waals surface area (Å²) in [7, 11) is 0. The number of aryl methyl sites for hydroxylation is 1. The van der Waals surface area contributed by atoms with E-state index in [0.717, 1.165) is 19.5 Å². The Morgan fingerprint density at radius 2 is 1.80 bits per heavy atom. The lowest BCUT2D eigenvalue weighted by Gasteiger charge is -2.11. The molecule has 0 atom stereocenters. The van der Waals surface area contributed by atoms with E-state index in [-0.39, 0.29) is 0 Å². The average molecular weight is 226 g/mol. The lowest BCUT2D eigenvalue weighted by Crippen LogP contribution is -2.19. The van der Waals surface area contributed by atoms with Crippen LogP contribution in [-0.4, -0.2) is 19.0 Å². The van der Waals surface area contributed by atoms with Crippen LogP contribution in [0, 0.1) is 20.8 Å². The quantitative estimate of drug-likeness (QED) is 0.600. The Kier molecular flexibility index (Phi) is 5.13. The molecule has 1 aromatic carbocycles. The van der Waals surface area contributed by atoms with Crippen LogP contribution < -0.4 is 5.32 Å². The highest BCUT2D eigenvalue weighted by molar-refractivity contribution is 6.18. The van der Waals surface area contributed by atoms with Gasteiger partial charge in [-0.2, -0.15) is 0 Å². The van der Waals surface area contributed by atoms with E-state index in [0.29, 0.717) is 5.88 Å². The number of hydrogen-bond donors (Lipinski definition) is 1. The summed E-state index contributed by atoms with van der Waals surface area (Å²) in [6.07, 6.45) is 1.09. The van der Waals surface area contributed by atoms with Crippen molar-refractivity contribution in [1.29, 1.82) is 0 Å². The predicted molar refractivity (Wildman–Crippen MR) is 67.9 cm³/mol. The van der Waals surface area contributed by atoms with Crippen LogP contribution in [-0.2, 0) is 6.42 Å². The molecule has 84 valence electrons. The van der Waals surface area contributed by atoms with Gasteiger partial charge in [0, 0.05) is 12.4 Å². The van der Waals surface area contributed by atoms with Crippen molar-refractivity contribution in [2.24, 2.45) is 0 Å². The van der Waals surface area contributed by atoms with Gasteiger partial charge in [-0.25, -0.2) is 0 Å². The van der Waals surface area contributed by atoms with Crippen LogP contribution >= 0.6 is 11.6 Å². The standard InChI is InChI=1S/C13H20ClN/c1-10-4-5-13(12(3)11(10)2)6-8-15-9-7-14/h4-5,15H,6-9H2,1-3H3. The third-order valence-corrected chi connectivity index (χ3v) is 3.20. The first-order valence-corrected chi connectivity index (χ1v) is 6.02. The summed E-state index contributed by atoms with van der Waals surface area (Å²) in [5.74, 6) is 0.686. The zero-order valence-corrected chi connectivity index (χ0v) is 10.6. The number of rotatable bonds is 5. The lowest BCUT2D eigenvalue weighted by atomic mass is 9.97. The summed E-state index contributed by atoms with van der Waals surface area (Å²) in [6.45, 7) is 8.47. The summed E-state index contributed by atoms with van der Waals surface area (Å²) >= 11 is 5.60. The van der Waals surface area contributed by atoms with Gasteiger partial charge in [0.25, 0.3) is 0 Å². The Bertz CT molecular complexity index is 321. The van der Waals surface area contributed by atoms with E-state index in [1.54, 1.807) is 0 Å². The van der Waals surface area contributed by atoms with Crippen LogP contribution in [0.25, 0.3) is 0 Å². The third kappa shape index (κ3) is 3.51. The summed E-state index contributed by atoms with van der Waals surface area (Å²) in [5, 5.41) is 3.31. The van der Waals surface area contributed by atoms with E-state index in [1.807, 2.05) is 0 Å². The highest BCUT2D eigenvalue weighted by atomic mass is 35.5. The van der Waals surface area contributed by atoms with Gasteiger partial charge in [-0.05, 0) is 56.0 Å². The maximum Gasteiger partial charge on any atom is 0.0348 e. The fraction of sp³-hybridized carbons (Fsp3) is 0.538. The zero-order valence-electron chi connectivity index (χ0n) is 9.86. The van der Waals surface area contributed by atoms with Gasteiger partial charge in [0.1, 0.15) is 0 Å². The summed E-state index contributed by atoms with van der Waals surface area (Å²) < 4.78 is 0. The fourth-order valence-electron chi connectivity index (χ4n) is 1.70. The molecule has 0 amide bonds. The molecule has 1 nitrogen and oxygen atoms in total. The van der Waals surface area contributed by atoms with Crippen molar-refractivity contribution in [3.8, 4) is 0 Å². The Labute approximate surface area is 97.8 Å². The molecule has 0 aliphatic carbocycles. The van der Waals surface area contributed by atoms with Crippen LogP contribution in [0.3, 0.4) is 0 Å². The van der Waals surface area contributed by atoms with Crippen molar-refractivity contribution in [2.45, 2.75) is 27.2 Å². The second kappa shape index (κ2) is 6.14. The molecule has 0 spiro atoms. The molecule has 1 N–H and O–H groups in total. The molecule has 0 heterocycles. The largest absolute Gasteiger partial charge is 0.315 e. The highest BCUT2D eigenvalue weighted by Gasteiger charge is 2.02. The van der Waals surface area contributed by atoms with Gasteiger partial charge in [-0.1, -0.05) is 12.1 Å². The van der Waals surface area contributed by atoms with E-state index in [2.05, 4.69) is 38.2 Å². The highest BCUT2D eigenvalue weighted by Crippen LogP contribution is 2.17. The van der Waals surface area contributed by atoms with Crippen molar-refractivity contribution >= 4 is 11.6 Å². The van der Waals surface area contributed by atoms with Crippen LogP contribution in [0.2, 0.25) is 0 Å². The SMILES string of the molecule is Cc1ccc(CCNCCCl)c(C)c1C. The maximum atomic E-state index is 5.60. The Balaban J connectivity index is 2.58. The van der Waals surface area contributed by atoms with Crippen LogP contribution in [0.4, 0.5) is 0 Å². The summed E-state index contributed by atoms with van der Waals surface area (Å²) in [6, 6.07) is 4.44. The monoisotopic (exact) mass is 225 g/mol. The van der Waals surface area contributed by atoms with E-state index < -0.39 is 0 Å². The lowest BCUT2D eigenvalue weighted by molar-refractivity contribution is 0.717. The molecular formula is C13H20ClN. The molecule has 0 aliphatic heterocycles. The molecule has 0 bridgehead atoms. The summed E-state index contributed by atoms with van der Waals surface area (Å²) in [4.78, 5) is 0. The number of hydrogen-bond acceptors (Lipinski definition) is 1. The maximum absolute atomic E-state index is 5.60. The van der Waals surface area contributed by atoms with Crippen LogP contribution in [0.5, 0.6) is 0 Å². The van der Waals surface area contributed by atoms with Crippen molar-refractivity contribution in [2.75, 3.05) is 19.0 Å². The molecule has 15 heavy (non-hydrogen) atoms. The third-order valence-electron chi connectivity index (χ3n) is 3.01. The first-order valence-electron chi connectivity index (χ1n) is 5.49. The molecule has 0 aliphatic rings.